The first-order valence-electron chi connectivity index (χ1n) is 4.40. The average Bonchev–Trinajstić information content (AvgIpc) is 2.41. The summed E-state index contributed by atoms with van der Waals surface area (Å²) in [6.07, 6.45) is -1.92. The Hall–Kier alpha value is -0.200. The number of hydrogen-bond donors (Lipinski definition) is 4. The molecule has 1 fully saturated rings. The third-order valence-corrected chi connectivity index (χ3v) is 2.41. The van der Waals surface area contributed by atoms with Crippen molar-refractivity contribution in [3.8, 4) is 0 Å². The van der Waals surface area contributed by atoms with Gasteiger partial charge in [-0.05, 0) is 6.42 Å². The van der Waals surface area contributed by atoms with Crippen LogP contribution in [0, 0.1) is 5.92 Å². The van der Waals surface area contributed by atoms with Gasteiger partial charge in [0.2, 0.25) is 0 Å². The van der Waals surface area contributed by atoms with Crippen molar-refractivity contribution in [3.63, 3.8) is 0 Å². The minimum absolute atomic E-state index is 0.108. The smallest absolute Gasteiger partial charge is 0.106 e. The summed E-state index contributed by atoms with van der Waals surface area (Å²) in [5.41, 5.74) is 0. The molecule has 5 heteroatoms. The van der Waals surface area contributed by atoms with Gasteiger partial charge in [0, 0.05) is 12.5 Å². The van der Waals surface area contributed by atoms with Crippen LogP contribution in [0.1, 0.15) is 6.42 Å². The average molecular weight is 192 g/mol. The minimum atomic E-state index is -0.955. The second-order valence-corrected chi connectivity index (χ2v) is 3.29. The van der Waals surface area contributed by atoms with E-state index in [0.717, 1.165) is 0 Å². The Kier molecular flexibility index (Phi) is 4.08. The van der Waals surface area contributed by atoms with E-state index in [1.165, 1.54) is 0 Å². The molecule has 78 valence electrons. The zero-order valence-electron chi connectivity index (χ0n) is 7.33. The SMILES string of the molecule is OCCO[C@H]1C[C@@H](CO)[C@H](O)[C@@H]1O. The molecule has 4 N–H and O–H groups in total. The van der Waals surface area contributed by atoms with Gasteiger partial charge in [-0.15, -0.1) is 0 Å². The maximum atomic E-state index is 9.42. The van der Waals surface area contributed by atoms with E-state index in [4.69, 9.17) is 14.9 Å². The quantitative estimate of drug-likeness (QED) is 0.417. The molecule has 0 aromatic rings. The van der Waals surface area contributed by atoms with E-state index in [2.05, 4.69) is 0 Å². The summed E-state index contributed by atoms with van der Waals surface area (Å²) in [6.45, 7) is -0.118. The van der Waals surface area contributed by atoms with Crippen molar-refractivity contribution in [2.24, 2.45) is 5.92 Å². The van der Waals surface area contributed by atoms with Gasteiger partial charge < -0.3 is 25.2 Å². The number of hydrogen-bond acceptors (Lipinski definition) is 5. The summed E-state index contributed by atoms with van der Waals surface area (Å²) in [4.78, 5) is 0. The van der Waals surface area contributed by atoms with Crippen LogP contribution < -0.4 is 0 Å². The molecule has 0 bridgehead atoms. The van der Waals surface area contributed by atoms with Crippen LogP contribution in [0.15, 0.2) is 0 Å². The van der Waals surface area contributed by atoms with E-state index >= 15 is 0 Å². The maximum Gasteiger partial charge on any atom is 0.106 e. The van der Waals surface area contributed by atoms with Crippen molar-refractivity contribution in [1.82, 2.24) is 0 Å². The first-order chi connectivity index (χ1) is 6.20. The van der Waals surface area contributed by atoms with Crippen molar-refractivity contribution in [2.75, 3.05) is 19.8 Å². The van der Waals surface area contributed by atoms with Crippen molar-refractivity contribution in [2.45, 2.75) is 24.7 Å². The molecule has 0 aromatic carbocycles. The molecular weight excluding hydrogens is 176 g/mol. The lowest BCUT2D eigenvalue weighted by Crippen LogP contribution is -2.33. The van der Waals surface area contributed by atoms with Gasteiger partial charge in [0.1, 0.15) is 6.10 Å². The lowest BCUT2D eigenvalue weighted by atomic mass is 10.1. The molecule has 0 unspecified atom stereocenters. The van der Waals surface area contributed by atoms with Crippen LogP contribution in [0.25, 0.3) is 0 Å². The predicted octanol–water partition coefficient (Wildman–Crippen LogP) is -1.90. The summed E-state index contributed by atoms with van der Waals surface area (Å²) in [6, 6.07) is 0. The molecule has 0 spiro atoms. The molecule has 1 saturated carbocycles. The molecule has 0 heterocycles. The fourth-order valence-corrected chi connectivity index (χ4v) is 1.63. The normalized spacial score (nSPS) is 39.7. The van der Waals surface area contributed by atoms with Gasteiger partial charge in [0.25, 0.3) is 0 Å². The highest BCUT2D eigenvalue weighted by Crippen LogP contribution is 2.28. The summed E-state index contributed by atoms with van der Waals surface area (Å²) in [7, 11) is 0. The van der Waals surface area contributed by atoms with Crippen molar-refractivity contribution in [3.05, 3.63) is 0 Å². The Morgan fingerprint density at radius 1 is 1.15 bits per heavy atom. The molecule has 1 rings (SSSR count). The van der Waals surface area contributed by atoms with E-state index in [0.29, 0.717) is 6.42 Å². The van der Waals surface area contributed by atoms with E-state index in [1.807, 2.05) is 0 Å². The highest BCUT2D eigenvalue weighted by molar-refractivity contribution is 4.91. The zero-order valence-corrected chi connectivity index (χ0v) is 7.33. The number of rotatable bonds is 4. The van der Waals surface area contributed by atoms with Crippen LogP contribution in [0.2, 0.25) is 0 Å². The molecule has 0 saturated heterocycles. The molecule has 5 nitrogen and oxygen atoms in total. The molecule has 1 aliphatic rings. The molecule has 4 atom stereocenters. The summed E-state index contributed by atoms with van der Waals surface area (Å²) >= 11 is 0. The largest absolute Gasteiger partial charge is 0.396 e. The summed E-state index contributed by atoms with van der Waals surface area (Å²) in [5.74, 6) is -0.321. The summed E-state index contributed by atoms with van der Waals surface area (Å²) < 4.78 is 5.10. The van der Waals surface area contributed by atoms with Crippen LogP contribution in [-0.4, -0.2) is 58.6 Å². The number of aliphatic hydroxyl groups is 4. The third kappa shape index (κ3) is 2.38. The highest BCUT2D eigenvalue weighted by atomic mass is 16.5. The van der Waals surface area contributed by atoms with Crippen molar-refractivity contribution in [1.29, 1.82) is 0 Å². The standard InChI is InChI=1S/C8H16O5/c9-1-2-13-6-3-5(4-10)7(11)8(6)12/h5-12H,1-4H2/t5-,6-,7-,8+/m0/s1. The molecule has 0 aromatic heterocycles. The Labute approximate surface area is 76.6 Å². The van der Waals surface area contributed by atoms with Gasteiger partial charge in [-0.3, -0.25) is 0 Å². The molecule has 0 amide bonds. The van der Waals surface area contributed by atoms with Gasteiger partial charge in [-0.2, -0.15) is 0 Å². The van der Waals surface area contributed by atoms with Crippen LogP contribution in [0.4, 0.5) is 0 Å². The lowest BCUT2D eigenvalue weighted by molar-refractivity contribution is -0.0643. The fourth-order valence-electron chi connectivity index (χ4n) is 1.63. The van der Waals surface area contributed by atoms with Crippen molar-refractivity contribution < 1.29 is 25.2 Å². The maximum absolute atomic E-state index is 9.42. The fraction of sp³-hybridized carbons (Fsp3) is 1.00. The Balaban J connectivity index is 2.40. The number of ether oxygens (including phenoxy) is 1. The number of aliphatic hydroxyl groups excluding tert-OH is 4. The monoisotopic (exact) mass is 192 g/mol. The highest BCUT2D eigenvalue weighted by Gasteiger charge is 2.41. The molecule has 0 aliphatic heterocycles. The van der Waals surface area contributed by atoms with Gasteiger partial charge in [-0.1, -0.05) is 0 Å². The Bertz CT molecular complexity index is 151. The second kappa shape index (κ2) is 4.88. The van der Waals surface area contributed by atoms with Crippen LogP contribution >= 0.6 is 0 Å². The van der Waals surface area contributed by atoms with E-state index in [1.54, 1.807) is 0 Å². The van der Waals surface area contributed by atoms with Gasteiger partial charge in [-0.25, -0.2) is 0 Å². The van der Waals surface area contributed by atoms with Gasteiger partial charge in [0.05, 0.1) is 25.4 Å². The first-order valence-corrected chi connectivity index (χ1v) is 4.40. The summed E-state index contributed by atoms with van der Waals surface area (Å²) in [5, 5.41) is 36.1. The Morgan fingerprint density at radius 3 is 2.31 bits per heavy atom. The van der Waals surface area contributed by atoms with Crippen LogP contribution in [0.5, 0.6) is 0 Å². The second-order valence-electron chi connectivity index (χ2n) is 3.29. The third-order valence-electron chi connectivity index (χ3n) is 2.41. The first kappa shape index (κ1) is 10.9. The van der Waals surface area contributed by atoms with Gasteiger partial charge in [0.15, 0.2) is 0 Å². The van der Waals surface area contributed by atoms with Crippen LogP contribution in [-0.2, 0) is 4.74 Å². The molecule has 13 heavy (non-hydrogen) atoms. The van der Waals surface area contributed by atoms with Gasteiger partial charge >= 0.3 is 0 Å². The van der Waals surface area contributed by atoms with Crippen LogP contribution in [0.3, 0.4) is 0 Å². The lowest BCUT2D eigenvalue weighted by Gasteiger charge is -2.16. The van der Waals surface area contributed by atoms with Crippen molar-refractivity contribution >= 4 is 0 Å². The molecular formula is C8H16O5. The topological polar surface area (TPSA) is 90.2 Å². The molecule has 1 aliphatic carbocycles. The van der Waals surface area contributed by atoms with E-state index in [9.17, 15) is 10.2 Å². The Morgan fingerprint density at radius 2 is 1.85 bits per heavy atom. The predicted molar refractivity (Wildman–Crippen MR) is 44.0 cm³/mol. The minimum Gasteiger partial charge on any atom is -0.396 e. The molecule has 0 radical (unpaired) electrons. The van der Waals surface area contributed by atoms with E-state index < -0.39 is 18.3 Å². The zero-order chi connectivity index (χ0) is 9.84. The van der Waals surface area contributed by atoms with E-state index in [-0.39, 0.29) is 25.7 Å².